The largest absolute Gasteiger partial charge is 0.392 e. The van der Waals surface area contributed by atoms with Crippen molar-refractivity contribution in [1.82, 2.24) is 0 Å². The summed E-state index contributed by atoms with van der Waals surface area (Å²) < 4.78 is 4.63. The van der Waals surface area contributed by atoms with Crippen LogP contribution in [-0.2, 0) is 14.3 Å². The molecule has 0 aromatic rings. The standard InChI is InChI=1S/C10H10O3/c1-9-5-3-4-6-10(9,2)8(12)13-7(9)11/h3-6H,1-2H3. The highest BCUT2D eigenvalue weighted by atomic mass is 16.6. The summed E-state index contributed by atoms with van der Waals surface area (Å²) >= 11 is 0. The normalized spacial score (nSPS) is 42.0. The van der Waals surface area contributed by atoms with E-state index < -0.39 is 22.8 Å². The first-order chi connectivity index (χ1) is 6.01. The number of allylic oxidation sites excluding steroid dienone is 2. The van der Waals surface area contributed by atoms with Gasteiger partial charge in [0.2, 0.25) is 0 Å². The van der Waals surface area contributed by atoms with Gasteiger partial charge in [-0.25, -0.2) is 0 Å². The number of fused-ring (bicyclic) bond motifs is 1. The SMILES string of the molecule is CC12C=CC=CC1(C)C(=O)OC2=O. The summed E-state index contributed by atoms with van der Waals surface area (Å²) in [4.78, 5) is 22.8. The van der Waals surface area contributed by atoms with Crippen LogP contribution in [0.25, 0.3) is 0 Å². The van der Waals surface area contributed by atoms with Crippen LogP contribution >= 0.6 is 0 Å². The number of ether oxygens (including phenoxy) is 1. The summed E-state index contributed by atoms with van der Waals surface area (Å²) in [5.41, 5.74) is -1.64. The van der Waals surface area contributed by atoms with E-state index in [1.165, 1.54) is 0 Å². The van der Waals surface area contributed by atoms with Crippen molar-refractivity contribution in [3.05, 3.63) is 24.3 Å². The fourth-order valence-corrected chi connectivity index (χ4v) is 1.70. The summed E-state index contributed by atoms with van der Waals surface area (Å²) in [6.45, 7) is 3.44. The molecule has 0 amide bonds. The monoisotopic (exact) mass is 178 g/mol. The van der Waals surface area contributed by atoms with Crippen molar-refractivity contribution in [2.24, 2.45) is 10.8 Å². The number of rotatable bonds is 0. The molecule has 68 valence electrons. The topological polar surface area (TPSA) is 43.4 Å². The first-order valence-corrected chi connectivity index (χ1v) is 4.14. The molecule has 1 aliphatic heterocycles. The highest BCUT2D eigenvalue weighted by Crippen LogP contribution is 2.50. The molecule has 1 fully saturated rings. The summed E-state index contributed by atoms with van der Waals surface area (Å²) in [5.74, 6) is -0.916. The minimum absolute atomic E-state index is 0.458. The fourth-order valence-electron chi connectivity index (χ4n) is 1.70. The Labute approximate surface area is 76.1 Å². The average Bonchev–Trinajstić information content (AvgIpc) is 2.25. The molecule has 0 radical (unpaired) electrons. The van der Waals surface area contributed by atoms with Gasteiger partial charge in [0.05, 0.1) is 0 Å². The third kappa shape index (κ3) is 0.742. The van der Waals surface area contributed by atoms with E-state index in [9.17, 15) is 9.59 Å². The Morgan fingerprint density at radius 1 is 1.00 bits per heavy atom. The smallest absolute Gasteiger partial charge is 0.324 e. The van der Waals surface area contributed by atoms with Gasteiger partial charge in [-0.15, -0.1) is 0 Å². The zero-order valence-corrected chi connectivity index (χ0v) is 7.53. The van der Waals surface area contributed by atoms with E-state index >= 15 is 0 Å². The van der Waals surface area contributed by atoms with E-state index in [4.69, 9.17) is 0 Å². The summed E-state index contributed by atoms with van der Waals surface area (Å²) in [5, 5.41) is 0. The maximum Gasteiger partial charge on any atom is 0.324 e. The quantitative estimate of drug-likeness (QED) is 0.413. The van der Waals surface area contributed by atoms with Crippen molar-refractivity contribution in [3.8, 4) is 0 Å². The van der Waals surface area contributed by atoms with Gasteiger partial charge in [-0.3, -0.25) is 9.59 Å². The van der Waals surface area contributed by atoms with Crippen LogP contribution in [0.15, 0.2) is 24.3 Å². The Morgan fingerprint density at radius 2 is 1.38 bits per heavy atom. The fraction of sp³-hybridized carbons (Fsp3) is 0.400. The van der Waals surface area contributed by atoms with E-state index in [2.05, 4.69) is 4.74 Å². The van der Waals surface area contributed by atoms with Gasteiger partial charge in [0.15, 0.2) is 0 Å². The Balaban J connectivity index is 2.62. The number of hydrogen-bond donors (Lipinski definition) is 0. The van der Waals surface area contributed by atoms with Crippen LogP contribution in [0.2, 0.25) is 0 Å². The minimum Gasteiger partial charge on any atom is -0.392 e. The lowest BCUT2D eigenvalue weighted by Gasteiger charge is -2.30. The molecule has 3 heteroatoms. The summed E-state index contributed by atoms with van der Waals surface area (Å²) in [7, 11) is 0. The third-order valence-corrected chi connectivity index (χ3v) is 3.08. The van der Waals surface area contributed by atoms with Gasteiger partial charge in [-0.05, 0) is 13.8 Å². The maximum absolute atomic E-state index is 11.4. The molecule has 0 aromatic heterocycles. The first kappa shape index (κ1) is 8.23. The molecule has 3 nitrogen and oxygen atoms in total. The van der Waals surface area contributed by atoms with Crippen molar-refractivity contribution < 1.29 is 14.3 Å². The molecule has 1 aliphatic carbocycles. The van der Waals surface area contributed by atoms with Crippen molar-refractivity contribution in [2.75, 3.05) is 0 Å². The minimum atomic E-state index is -0.821. The highest BCUT2D eigenvalue weighted by molar-refractivity contribution is 6.04. The molecule has 0 saturated carbocycles. The maximum atomic E-state index is 11.4. The average molecular weight is 178 g/mol. The second-order valence-corrected chi connectivity index (χ2v) is 3.80. The van der Waals surface area contributed by atoms with E-state index in [0.717, 1.165) is 0 Å². The third-order valence-electron chi connectivity index (χ3n) is 3.08. The molecule has 2 unspecified atom stereocenters. The van der Waals surface area contributed by atoms with Crippen LogP contribution in [-0.4, -0.2) is 11.9 Å². The Morgan fingerprint density at radius 3 is 1.77 bits per heavy atom. The lowest BCUT2D eigenvalue weighted by Crippen LogP contribution is -2.38. The number of carbonyl (C=O) groups excluding carboxylic acids is 2. The summed E-state index contributed by atoms with van der Waals surface area (Å²) in [6.07, 6.45) is 6.98. The van der Waals surface area contributed by atoms with Crippen LogP contribution < -0.4 is 0 Å². The number of carbonyl (C=O) groups is 2. The van der Waals surface area contributed by atoms with Crippen molar-refractivity contribution >= 4 is 11.9 Å². The van der Waals surface area contributed by atoms with Crippen molar-refractivity contribution in [3.63, 3.8) is 0 Å². The van der Waals surface area contributed by atoms with E-state index in [1.807, 2.05) is 0 Å². The molecule has 0 bridgehead atoms. The van der Waals surface area contributed by atoms with Gasteiger partial charge >= 0.3 is 11.9 Å². The van der Waals surface area contributed by atoms with Gasteiger partial charge in [0, 0.05) is 0 Å². The Kier molecular flexibility index (Phi) is 1.33. The predicted molar refractivity (Wildman–Crippen MR) is 45.6 cm³/mol. The first-order valence-electron chi connectivity index (χ1n) is 4.14. The molecular formula is C10H10O3. The molecule has 1 saturated heterocycles. The zero-order chi connectivity index (χ0) is 9.69. The number of hydrogen-bond acceptors (Lipinski definition) is 3. The van der Waals surface area contributed by atoms with Crippen LogP contribution in [0.4, 0.5) is 0 Å². The number of esters is 2. The molecule has 2 aliphatic rings. The molecule has 2 atom stereocenters. The second kappa shape index (κ2) is 2.10. The molecule has 0 spiro atoms. The van der Waals surface area contributed by atoms with Crippen LogP contribution in [0.3, 0.4) is 0 Å². The van der Waals surface area contributed by atoms with E-state index in [1.54, 1.807) is 38.2 Å². The summed E-state index contributed by atoms with van der Waals surface area (Å²) in [6, 6.07) is 0. The zero-order valence-electron chi connectivity index (χ0n) is 7.53. The van der Waals surface area contributed by atoms with Crippen LogP contribution in [0.5, 0.6) is 0 Å². The lowest BCUT2D eigenvalue weighted by molar-refractivity contribution is -0.154. The Bertz CT molecular complexity index is 319. The molecule has 0 N–H and O–H groups in total. The Hall–Kier alpha value is -1.38. The molecule has 13 heavy (non-hydrogen) atoms. The van der Waals surface area contributed by atoms with Gasteiger partial charge < -0.3 is 4.74 Å². The van der Waals surface area contributed by atoms with Crippen molar-refractivity contribution in [1.29, 1.82) is 0 Å². The van der Waals surface area contributed by atoms with Crippen LogP contribution in [0.1, 0.15) is 13.8 Å². The van der Waals surface area contributed by atoms with Crippen LogP contribution in [0, 0.1) is 10.8 Å². The number of cyclic esters (lactones) is 2. The molecule has 0 aromatic carbocycles. The van der Waals surface area contributed by atoms with Gasteiger partial charge in [-0.2, -0.15) is 0 Å². The van der Waals surface area contributed by atoms with Gasteiger partial charge in [0.1, 0.15) is 10.8 Å². The molecule has 2 rings (SSSR count). The van der Waals surface area contributed by atoms with Crippen molar-refractivity contribution in [2.45, 2.75) is 13.8 Å². The van der Waals surface area contributed by atoms with E-state index in [-0.39, 0.29) is 0 Å². The van der Waals surface area contributed by atoms with Gasteiger partial charge in [0.25, 0.3) is 0 Å². The second-order valence-electron chi connectivity index (χ2n) is 3.80. The predicted octanol–water partition coefficient (Wildman–Crippen LogP) is 1.21. The highest BCUT2D eigenvalue weighted by Gasteiger charge is 2.61. The molecular weight excluding hydrogens is 168 g/mol. The van der Waals surface area contributed by atoms with E-state index in [0.29, 0.717) is 0 Å². The lowest BCUT2D eigenvalue weighted by atomic mass is 9.65. The molecule has 1 heterocycles. The van der Waals surface area contributed by atoms with Gasteiger partial charge in [-0.1, -0.05) is 24.3 Å².